The van der Waals surface area contributed by atoms with Crippen LogP contribution in [0.15, 0.2) is 30.3 Å². The molecule has 3 N–H and O–H groups in total. The Bertz CT molecular complexity index is 1120. The summed E-state index contributed by atoms with van der Waals surface area (Å²) < 4.78 is 43.9. The third-order valence-corrected chi connectivity index (χ3v) is 7.89. The van der Waals surface area contributed by atoms with Crippen molar-refractivity contribution >= 4 is 17.3 Å². The molecule has 1 aromatic heterocycles. The van der Waals surface area contributed by atoms with Crippen LogP contribution in [0.25, 0.3) is 11.1 Å². The number of halogens is 3. The monoisotopic (exact) mass is 533 g/mol. The molecule has 208 valence electrons. The van der Waals surface area contributed by atoms with Crippen LogP contribution in [0.1, 0.15) is 38.2 Å². The first-order valence-electron chi connectivity index (χ1n) is 13.5. The van der Waals surface area contributed by atoms with Gasteiger partial charge in [-0.1, -0.05) is 6.07 Å². The lowest BCUT2D eigenvalue weighted by Crippen LogP contribution is -2.50. The van der Waals surface area contributed by atoms with Gasteiger partial charge in [0.2, 0.25) is 0 Å². The molecule has 0 radical (unpaired) electrons. The minimum atomic E-state index is -4.10. The third kappa shape index (κ3) is 6.71. The number of pyridine rings is 1. The second kappa shape index (κ2) is 10.9. The second-order valence-corrected chi connectivity index (χ2v) is 11.4. The largest absolute Gasteiger partial charge is 0.393 e. The van der Waals surface area contributed by atoms with E-state index in [-0.39, 0.29) is 17.6 Å². The predicted molar refractivity (Wildman–Crippen MR) is 144 cm³/mol. The van der Waals surface area contributed by atoms with Crippen molar-refractivity contribution in [2.24, 2.45) is 5.92 Å². The summed E-state index contributed by atoms with van der Waals surface area (Å²) in [5.74, 6) is 1.34. The first-order chi connectivity index (χ1) is 18.1. The summed E-state index contributed by atoms with van der Waals surface area (Å²) in [5.41, 5.74) is 3.98. The van der Waals surface area contributed by atoms with Crippen LogP contribution >= 0.6 is 0 Å². The number of aliphatic hydroxyl groups excluding tert-OH is 1. The standard InChI is InChI=1S/C28H38F3N5O2/c1-19-3-4-22(32-18-35-6-5-20(17-35)14-28(29,30)31)13-24(19)21-11-25(34-27(2)15-23(37)16-27)33-26(12-21)36-7-9-38-10-8-36/h3-4,11-13,20,23,32,37H,5-10,14-18H2,1-2H3,(H,33,34)/t20-,23-,27-/m0/s1. The van der Waals surface area contributed by atoms with E-state index in [1.54, 1.807) is 0 Å². The Kier molecular flexibility index (Phi) is 7.75. The van der Waals surface area contributed by atoms with Gasteiger partial charge in [0, 0.05) is 43.8 Å². The summed E-state index contributed by atoms with van der Waals surface area (Å²) in [6, 6.07) is 10.4. The van der Waals surface area contributed by atoms with Gasteiger partial charge in [-0.3, -0.25) is 4.90 Å². The number of likely N-dealkylation sites (tertiary alicyclic amines) is 1. The van der Waals surface area contributed by atoms with Crippen molar-refractivity contribution in [3.63, 3.8) is 0 Å². The first-order valence-corrected chi connectivity index (χ1v) is 13.5. The second-order valence-electron chi connectivity index (χ2n) is 11.4. The molecular formula is C28H38F3N5O2. The van der Waals surface area contributed by atoms with Gasteiger partial charge in [-0.2, -0.15) is 13.2 Å². The van der Waals surface area contributed by atoms with Crippen molar-refractivity contribution < 1.29 is 23.0 Å². The maximum absolute atomic E-state index is 12.8. The SMILES string of the molecule is Cc1ccc(NCN2CC[C@@H](CC(F)(F)F)C2)cc1-c1cc(N[C@]2(C)C[C@@H](O)C2)nc(N2CCOCC2)c1. The zero-order valence-corrected chi connectivity index (χ0v) is 22.2. The molecule has 3 fully saturated rings. The third-order valence-electron chi connectivity index (χ3n) is 7.89. The van der Waals surface area contributed by atoms with E-state index in [0.29, 0.717) is 52.2 Å². The number of nitrogens with one attached hydrogen (secondary N) is 2. The average molecular weight is 534 g/mol. The number of morpholine rings is 1. The fourth-order valence-corrected chi connectivity index (χ4v) is 5.88. The Labute approximate surface area is 222 Å². The lowest BCUT2D eigenvalue weighted by atomic mass is 9.76. The highest BCUT2D eigenvalue weighted by atomic mass is 19.4. The molecular weight excluding hydrogens is 495 g/mol. The Morgan fingerprint density at radius 1 is 1.13 bits per heavy atom. The van der Waals surface area contributed by atoms with Crippen LogP contribution < -0.4 is 15.5 Å². The van der Waals surface area contributed by atoms with Gasteiger partial charge in [-0.25, -0.2) is 4.98 Å². The summed E-state index contributed by atoms with van der Waals surface area (Å²) in [5, 5.41) is 16.8. The van der Waals surface area contributed by atoms with Gasteiger partial charge in [0.25, 0.3) is 0 Å². The molecule has 0 unspecified atom stereocenters. The van der Waals surface area contributed by atoms with Gasteiger partial charge in [0.15, 0.2) is 0 Å². The number of anilines is 3. The van der Waals surface area contributed by atoms with Crippen molar-refractivity contribution in [1.29, 1.82) is 0 Å². The van der Waals surface area contributed by atoms with Crippen LogP contribution in [0, 0.1) is 12.8 Å². The molecule has 1 aromatic carbocycles. The van der Waals surface area contributed by atoms with Crippen molar-refractivity contribution in [3.05, 3.63) is 35.9 Å². The van der Waals surface area contributed by atoms with Gasteiger partial charge < -0.3 is 25.4 Å². The minimum absolute atomic E-state index is 0.189. The molecule has 2 aromatic rings. The zero-order chi connectivity index (χ0) is 26.9. The summed E-state index contributed by atoms with van der Waals surface area (Å²) >= 11 is 0. The molecule has 7 nitrogen and oxygen atoms in total. The van der Waals surface area contributed by atoms with E-state index in [1.165, 1.54) is 0 Å². The Balaban J connectivity index is 1.34. The Morgan fingerprint density at radius 3 is 2.61 bits per heavy atom. The summed E-state index contributed by atoms with van der Waals surface area (Å²) in [6.07, 6.45) is -3.14. The quantitative estimate of drug-likeness (QED) is 0.448. The molecule has 10 heteroatoms. The van der Waals surface area contributed by atoms with Crippen LogP contribution in [0.5, 0.6) is 0 Å². The number of benzene rings is 1. The molecule has 0 bridgehead atoms. The molecule has 1 atom stereocenters. The van der Waals surface area contributed by atoms with Crippen LogP contribution in [0.2, 0.25) is 0 Å². The minimum Gasteiger partial charge on any atom is -0.393 e. The number of aliphatic hydroxyl groups is 1. The molecule has 2 saturated heterocycles. The smallest absolute Gasteiger partial charge is 0.389 e. The van der Waals surface area contributed by atoms with Crippen LogP contribution in [0.3, 0.4) is 0 Å². The van der Waals surface area contributed by atoms with Gasteiger partial charge in [-0.05, 0) is 80.0 Å². The molecule has 1 aliphatic carbocycles. The van der Waals surface area contributed by atoms with Crippen LogP contribution in [-0.4, -0.2) is 78.9 Å². The summed E-state index contributed by atoms with van der Waals surface area (Å²) in [4.78, 5) is 9.21. The van der Waals surface area contributed by atoms with E-state index in [0.717, 1.165) is 47.1 Å². The van der Waals surface area contributed by atoms with E-state index < -0.39 is 12.6 Å². The highest BCUT2D eigenvalue weighted by molar-refractivity contribution is 5.76. The average Bonchev–Trinajstić information content (AvgIpc) is 3.28. The summed E-state index contributed by atoms with van der Waals surface area (Å²) in [7, 11) is 0. The van der Waals surface area contributed by atoms with Gasteiger partial charge in [0.1, 0.15) is 11.6 Å². The van der Waals surface area contributed by atoms with E-state index >= 15 is 0 Å². The number of ether oxygens (including phenoxy) is 1. The van der Waals surface area contributed by atoms with Crippen molar-refractivity contribution in [1.82, 2.24) is 9.88 Å². The fourth-order valence-electron chi connectivity index (χ4n) is 5.88. The number of rotatable bonds is 8. The molecule has 2 aliphatic heterocycles. The fraction of sp³-hybridized carbons (Fsp3) is 0.607. The number of alkyl halides is 3. The van der Waals surface area contributed by atoms with Gasteiger partial charge >= 0.3 is 6.18 Å². The Morgan fingerprint density at radius 2 is 1.89 bits per heavy atom. The van der Waals surface area contributed by atoms with E-state index in [4.69, 9.17) is 9.72 Å². The molecule has 5 rings (SSSR count). The lowest BCUT2D eigenvalue weighted by Gasteiger charge is -2.43. The normalized spacial score (nSPS) is 26.3. The number of hydrogen-bond donors (Lipinski definition) is 3. The van der Waals surface area contributed by atoms with Crippen molar-refractivity contribution in [2.75, 3.05) is 61.6 Å². The maximum atomic E-state index is 12.8. The topological polar surface area (TPSA) is 72.9 Å². The maximum Gasteiger partial charge on any atom is 0.389 e. The lowest BCUT2D eigenvalue weighted by molar-refractivity contribution is -0.143. The molecule has 1 saturated carbocycles. The van der Waals surface area contributed by atoms with Crippen LogP contribution in [0.4, 0.5) is 30.5 Å². The summed E-state index contributed by atoms with van der Waals surface area (Å²) in [6.45, 7) is 8.70. The molecule has 3 aliphatic rings. The van der Waals surface area contributed by atoms with E-state index in [2.05, 4.69) is 58.5 Å². The number of aromatic nitrogens is 1. The molecule has 0 amide bonds. The number of hydrogen-bond acceptors (Lipinski definition) is 7. The molecule has 0 spiro atoms. The highest BCUT2D eigenvalue weighted by Crippen LogP contribution is 2.37. The van der Waals surface area contributed by atoms with Gasteiger partial charge in [-0.15, -0.1) is 0 Å². The molecule has 3 heterocycles. The predicted octanol–water partition coefficient (Wildman–Crippen LogP) is 4.86. The number of aryl methyl sites for hydroxylation is 1. The van der Waals surface area contributed by atoms with Crippen molar-refractivity contribution in [3.8, 4) is 11.1 Å². The highest BCUT2D eigenvalue weighted by Gasteiger charge is 2.39. The first kappa shape index (κ1) is 27.0. The van der Waals surface area contributed by atoms with Crippen LogP contribution in [-0.2, 0) is 4.74 Å². The van der Waals surface area contributed by atoms with Crippen molar-refractivity contribution in [2.45, 2.75) is 57.3 Å². The van der Waals surface area contributed by atoms with E-state index in [9.17, 15) is 18.3 Å². The molecule has 38 heavy (non-hydrogen) atoms. The van der Waals surface area contributed by atoms with Gasteiger partial charge in [0.05, 0.1) is 26.0 Å². The van der Waals surface area contributed by atoms with E-state index in [1.807, 2.05) is 6.07 Å². The number of nitrogens with zero attached hydrogens (tertiary/aromatic N) is 3. The zero-order valence-electron chi connectivity index (χ0n) is 22.2. The Hall–Kier alpha value is -2.56.